The number of rotatable bonds is 2. The molecule has 0 aromatic heterocycles. The lowest BCUT2D eigenvalue weighted by atomic mass is 10.0. The number of hydrogen-bond donors (Lipinski definition) is 2. The Labute approximate surface area is 80.8 Å². The van der Waals surface area contributed by atoms with Crippen molar-refractivity contribution in [3.05, 3.63) is 34.6 Å². The zero-order valence-electron chi connectivity index (χ0n) is 7.91. The molecule has 0 saturated carbocycles. The normalized spacial score (nSPS) is 12.6. The lowest BCUT2D eigenvalue weighted by molar-refractivity contribution is -0.147. The van der Waals surface area contributed by atoms with Gasteiger partial charge in [0.05, 0.1) is 0 Å². The molecular weight excluding hydrogens is 187 g/mol. The van der Waals surface area contributed by atoms with Crippen molar-refractivity contribution in [3.63, 3.8) is 0 Å². The molecule has 0 aliphatic rings. The second-order valence-electron chi connectivity index (χ2n) is 3.20. The summed E-state index contributed by atoms with van der Waals surface area (Å²) in [6.07, 6.45) is -1.59. The molecule has 76 valence electrons. The third-order valence-corrected chi connectivity index (χ3v) is 2.08. The second kappa shape index (κ2) is 3.75. The fourth-order valence-electron chi connectivity index (χ4n) is 1.23. The van der Waals surface area contributed by atoms with Gasteiger partial charge in [-0.15, -0.1) is 0 Å². The number of carboxylic acids is 1. The molecule has 0 aliphatic carbocycles. The van der Waals surface area contributed by atoms with Crippen molar-refractivity contribution in [2.24, 2.45) is 0 Å². The Hall–Kier alpha value is -1.42. The van der Waals surface area contributed by atoms with Gasteiger partial charge in [0.1, 0.15) is 5.82 Å². The quantitative estimate of drug-likeness (QED) is 0.758. The first-order valence-electron chi connectivity index (χ1n) is 4.11. The van der Waals surface area contributed by atoms with Gasteiger partial charge in [-0.3, -0.25) is 0 Å². The average Bonchev–Trinajstić information content (AvgIpc) is 2.10. The van der Waals surface area contributed by atoms with Crippen molar-refractivity contribution >= 4 is 5.97 Å². The Morgan fingerprint density at radius 1 is 1.36 bits per heavy atom. The van der Waals surface area contributed by atoms with Crippen LogP contribution in [0.2, 0.25) is 0 Å². The van der Waals surface area contributed by atoms with Gasteiger partial charge in [-0.25, -0.2) is 9.18 Å². The van der Waals surface area contributed by atoms with Crippen molar-refractivity contribution in [2.75, 3.05) is 0 Å². The number of aryl methyl sites for hydroxylation is 2. The minimum atomic E-state index is -1.59. The lowest BCUT2D eigenvalue weighted by Crippen LogP contribution is -2.12. The molecule has 3 nitrogen and oxygen atoms in total. The third-order valence-electron chi connectivity index (χ3n) is 2.08. The van der Waals surface area contributed by atoms with Crippen LogP contribution in [0.1, 0.15) is 22.8 Å². The van der Waals surface area contributed by atoms with Gasteiger partial charge in [-0.2, -0.15) is 0 Å². The first-order valence-corrected chi connectivity index (χ1v) is 4.11. The summed E-state index contributed by atoms with van der Waals surface area (Å²) in [6, 6.07) is 2.57. The molecule has 1 atom stereocenters. The fraction of sp³-hybridized carbons (Fsp3) is 0.300. The first-order chi connectivity index (χ1) is 6.43. The SMILES string of the molecule is Cc1cc(C(O)C(=O)O)c(C)cc1F. The van der Waals surface area contributed by atoms with Crippen LogP contribution in [0.3, 0.4) is 0 Å². The summed E-state index contributed by atoms with van der Waals surface area (Å²) in [5, 5.41) is 17.8. The van der Waals surface area contributed by atoms with E-state index in [4.69, 9.17) is 5.11 Å². The van der Waals surface area contributed by atoms with Crippen LogP contribution in [0, 0.1) is 19.7 Å². The first kappa shape index (κ1) is 10.7. The standard InChI is InChI=1S/C10H11FO3/c1-5-4-8(11)6(2)3-7(5)9(12)10(13)14/h3-4,9,12H,1-2H3,(H,13,14). The fourth-order valence-corrected chi connectivity index (χ4v) is 1.23. The zero-order chi connectivity index (χ0) is 10.9. The minimum Gasteiger partial charge on any atom is -0.479 e. The van der Waals surface area contributed by atoms with Gasteiger partial charge < -0.3 is 10.2 Å². The van der Waals surface area contributed by atoms with E-state index in [9.17, 15) is 14.3 Å². The summed E-state index contributed by atoms with van der Waals surface area (Å²) >= 11 is 0. The van der Waals surface area contributed by atoms with Crippen LogP contribution in [-0.2, 0) is 4.79 Å². The van der Waals surface area contributed by atoms with Crippen molar-refractivity contribution in [1.29, 1.82) is 0 Å². The number of halogens is 1. The minimum absolute atomic E-state index is 0.233. The van der Waals surface area contributed by atoms with E-state index >= 15 is 0 Å². The van der Waals surface area contributed by atoms with Gasteiger partial charge in [0.2, 0.25) is 0 Å². The van der Waals surface area contributed by atoms with Crippen molar-refractivity contribution in [3.8, 4) is 0 Å². The Kier molecular flexibility index (Phi) is 2.86. The zero-order valence-corrected chi connectivity index (χ0v) is 7.91. The number of benzene rings is 1. The van der Waals surface area contributed by atoms with Gasteiger partial charge in [0.25, 0.3) is 0 Å². The Bertz CT molecular complexity index is 374. The maximum Gasteiger partial charge on any atom is 0.337 e. The topological polar surface area (TPSA) is 57.5 Å². The molecule has 2 N–H and O–H groups in total. The van der Waals surface area contributed by atoms with Crippen LogP contribution in [-0.4, -0.2) is 16.2 Å². The molecule has 0 fully saturated rings. The van der Waals surface area contributed by atoms with Crippen LogP contribution in [0.4, 0.5) is 4.39 Å². The number of carboxylic acid groups (broad SMARTS) is 1. The van der Waals surface area contributed by atoms with E-state index < -0.39 is 17.9 Å². The number of aliphatic hydroxyl groups is 1. The maximum absolute atomic E-state index is 13.0. The molecule has 1 aromatic rings. The van der Waals surface area contributed by atoms with E-state index in [1.54, 1.807) is 6.92 Å². The van der Waals surface area contributed by atoms with Crippen LogP contribution in [0.5, 0.6) is 0 Å². The molecule has 0 bridgehead atoms. The number of carbonyl (C=O) groups is 1. The molecule has 14 heavy (non-hydrogen) atoms. The van der Waals surface area contributed by atoms with E-state index in [2.05, 4.69) is 0 Å². The highest BCUT2D eigenvalue weighted by Crippen LogP contribution is 2.21. The molecule has 0 amide bonds. The van der Waals surface area contributed by atoms with Crippen molar-refractivity contribution in [1.82, 2.24) is 0 Å². The molecule has 0 saturated heterocycles. The van der Waals surface area contributed by atoms with Gasteiger partial charge in [-0.1, -0.05) is 0 Å². The predicted molar refractivity (Wildman–Crippen MR) is 48.5 cm³/mol. The summed E-state index contributed by atoms with van der Waals surface area (Å²) in [5.41, 5.74) is 0.991. The van der Waals surface area contributed by atoms with Crippen LogP contribution in [0.25, 0.3) is 0 Å². The Morgan fingerprint density at radius 2 is 1.93 bits per heavy atom. The highest BCUT2D eigenvalue weighted by Gasteiger charge is 2.19. The van der Waals surface area contributed by atoms with Gasteiger partial charge >= 0.3 is 5.97 Å². The summed E-state index contributed by atoms with van der Waals surface area (Å²) in [7, 11) is 0. The highest BCUT2D eigenvalue weighted by molar-refractivity contribution is 5.74. The van der Waals surface area contributed by atoms with Crippen LogP contribution < -0.4 is 0 Å². The molecule has 0 radical (unpaired) electrons. The summed E-state index contributed by atoms with van der Waals surface area (Å²) in [4.78, 5) is 10.5. The summed E-state index contributed by atoms with van der Waals surface area (Å²) < 4.78 is 13.0. The van der Waals surface area contributed by atoms with Crippen LogP contribution >= 0.6 is 0 Å². The molecule has 4 heteroatoms. The highest BCUT2D eigenvalue weighted by atomic mass is 19.1. The monoisotopic (exact) mass is 198 g/mol. The number of hydrogen-bond acceptors (Lipinski definition) is 2. The van der Waals surface area contributed by atoms with E-state index in [0.29, 0.717) is 11.1 Å². The van der Waals surface area contributed by atoms with Gasteiger partial charge in [0.15, 0.2) is 6.10 Å². The van der Waals surface area contributed by atoms with Crippen molar-refractivity contribution in [2.45, 2.75) is 20.0 Å². The lowest BCUT2D eigenvalue weighted by Gasteiger charge is -2.10. The van der Waals surface area contributed by atoms with Crippen molar-refractivity contribution < 1.29 is 19.4 Å². The Morgan fingerprint density at radius 3 is 2.43 bits per heavy atom. The van der Waals surface area contributed by atoms with E-state index in [1.807, 2.05) is 0 Å². The predicted octanol–water partition coefficient (Wildman–Crippen LogP) is 1.56. The Balaban J connectivity index is 3.22. The maximum atomic E-state index is 13.0. The van der Waals surface area contributed by atoms with Gasteiger partial charge in [0, 0.05) is 0 Å². The second-order valence-corrected chi connectivity index (χ2v) is 3.20. The largest absolute Gasteiger partial charge is 0.479 e. The van der Waals surface area contributed by atoms with Gasteiger partial charge in [-0.05, 0) is 42.7 Å². The van der Waals surface area contributed by atoms with Crippen LogP contribution in [0.15, 0.2) is 12.1 Å². The van der Waals surface area contributed by atoms with E-state index in [-0.39, 0.29) is 5.56 Å². The molecular formula is C10H11FO3. The molecule has 0 spiro atoms. The van der Waals surface area contributed by atoms with E-state index in [0.717, 1.165) is 0 Å². The molecule has 1 aromatic carbocycles. The molecule has 0 aliphatic heterocycles. The smallest absolute Gasteiger partial charge is 0.337 e. The number of aliphatic hydroxyl groups excluding tert-OH is 1. The molecule has 0 heterocycles. The van der Waals surface area contributed by atoms with E-state index in [1.165, 1.54) is 19.1 Å². The number of aliphatic carboxylic acids is 1. The third kappa shape index (κ3) is 1.90. The molecule has 1 unspecified atom stereocenters. The molecule has 1 rings (SSSR count). The summed E-state index contributed by atoms with van der Waals surface area (Å²) in [6.45, 7) is 3.08. The summed E-state index contributed by atoms with van der Waals surface area (Å²) in [5.74, 6) is -1.73. The average molecular weight is 198 g/mol.